The van der Waals surface area contributed by atoms with E-state index >= 15 is 0 Å². The van der Waals surface area contributed by atoms with Gasteiger partial charge in [-0.2, -0.15) is 0 Å². The highest BCUT2D eigenvalue weighted by Crippen LogP contribution is 2.28. The Morgan fingerprint density at radius 3 is 2.65 bits per heavy atom. The van der Waals surface area contributed by atoms with Crippen molar-refractivity contribution in [1.29, 1.82) is 0 Å². The third-order valence-electron chi connectivity index (χ3n) is 4.02. The maximum atomic E-state index is 3.67. The minimum atomic E-state index is 0.775. The second-order valence-corrected chi connectivity index (χ2v) is 5.23. The molecule has 2 rings (SSSR count). The van der Waals surface area contributed by atoms with E-state index in [4.69, 9.17) is 0 Å². The third-order valence-corrected chi connectivity index (χ3v) is 4.02. The number of rotatable bonds is 5. The molecular formula is C16H25N. The van der Waals surface area contributed by atoms with Crippen molar-refractivity contribution in [1.82, 2.24) is 5.32 Å². The van der Waals surface area contributed by atoms with Gasteiger partial charge in [0.1, 0.15) is 0 Å². The van der Waals surface area contributed by atoms with Crippen molar-refractivity contribution in [2.24, 2.45) is 5.92 Å². The minimum Gasteiger partial charge on any atom is -0.314 e. The van der Waals surface area contributed by atoms with E-state index in [1.54, 1.807) is 0 Å². The zero-order valence-corrected chi connectivity index (χ0v) is 11.0. The molecule has 1 heteroatoms. The lowest BCUT2D eigenvalue weighted by atomic mass is 9.81. The second-order valence-electron chi connectivity index (χ2n) is 5.23. The predicted octanol–water partition coefficient (Wildman–Crippen LogP) is 3.79. The zero-order chi connectivity index (χ0) is 11.9. The van der Waals surface area contributed by atoms with E-state index in [1.165, 1.54) is 44.1 Å². The lowest BCUT2D eigenvalue weighted by molar-refractivity contribution is 0.252. The van der Waals surface area contributed by atoms with Gasteiger partial charge in [0.25, 0.3) is 0 Å². The van der Waals surface area contributed by atoms with Crippen molar-refractivity contribution in [3.8, 4) is 0 Å². The lowest BCUT2D eigenvalue weighted by Crippen LogP contribution is -2.38. The van der Waals surface area contributed by atoms with Crippen molar-refractivity contribution >= 4 is 0 Å². The zero-order valence-electron chi connectivity index (χ0n) is 11.0. The molecule has 1 nitrogen and oxygen atoms in total. The first-order valence-corrected chi connectivity index (χ1v) is 7.17. The normalized spacial score (nSPS) is 24.8. The highest BCUT2D eigenvalue weighted by Gasteiger charge is 2.23. The van der Waals surface area contributed by atoms with Gasteiger partial charge >= 0.3 is 0 Å². The first-order valence-electron chi connectivity index (χ1n) is 7.17. The van der Waals surface area contributed by atoms with Gasteiger partial charge in [0.15, 0.2) is 0 Å². The molecule has 94 valence electrons. The molecule has 1 saturated carbocycles. The van der Waals surface area contributed by atoms with Crippen molar-refractivity contribution in [3.63, 3.8) is 0 Å². The van der Waals surface area contributed by atoms with Gasteiger partial charge < -0.3 is 5.32 Å². The summed E-state index contributed by atoms with van der Waals surface area (Å²) < 4.78 is 0. The van der Waals surface area contributed by atoms with Gasteiger partial charge in [-0.1, -0.05) is 50.1 Å². The fourth-order valence-electron chi connectivity index (χ4n) is 3.08. The van der Waals surface area contributed by atoms with E-state index in [1.807, 2.05) is 0 Å². The minimum absolute atomic E-state index is 0.775. The maximum absolute atomic E-state index is 3.67. The van der Waals surface area contributed by atoms with Gasteiger partial charge in [-0.05, 0) is 43.7 Å². The molecule has 0 radical (unpaired) electrons. The summed E-state index contributed by atoms with van der Waals surface area (Å²) in [6.07, 6.45) is 8.24. The number of nitrogens with one attached hydrogen (secondary N) is 1. The Labute approximate surface area is 106 Å². The van der Waals surface area contributed by atoms with Gasteiger partial charge in [-0.3, -0.25) is 0 Å². The van der Waals surface area contributed by atoms with Gasteiger partial charge in [0, 0.05) is 6.04 Å². The van der Waals surface area contributed by atoms with E-state index < -0.39 is 0 Å². The Morgan fingerprint density at radius 1 is 1.12 bits per heavy atom. The van der Waals surface area contributed by atoms with Crippen LogP contribution in [0.15, 0.2) is 30.3 Å². The van der Waals surface area contributed by atoms with Crippen molar-refractivity contribution in [3.05, 3.63) is 35.9 Å². The van der Waals surface area contributed by atoms with Crippen LogP contribution in [0.25, 0.3) is 0 Å². The summed E-state index contributed by atoms with van der Waals surface area (Å²) in [5, 5.41) is 3.67. The summed E-state index contributed by atoms with van der Waals surface area (Å²) in [4.78, 5) is 0. The smallest absolute Gasteiger partial charge is 0.00953 e. The first-order chi connectivity index (χ1) is 8.40. The summed E-state index contributed by atoms with van der Waals surface area (Å²) in [7, 11) is 0. The molecule has 1 aromatic rings. The van der Waals surface area contributed by atoms with Crippen LogP contribution >= 0.6 is 0 Å². The SMILES string of the molecule is CCNC1CCCCC1CCc1ccccc1. The Morgan fingerprint density at radius 2 is 1.88 bits per heavy atom. The van der Waals surface area contributed by atoms with Gasteiger partial charge in [0.05, 0.1) is 0 Å². The summed E-state index contributed by atoms with van der Waals surface area (Å²) in [6, 6.07) is 11.7. The van der Waals surface area contributed by atoms with Crippen molar-refractivity contribution in [2.75, 3.05) is 6.54 Å². The van der Waals surface area contributed by atoms with Gasteiger partial charge in [-0.15, -0.1) is 0 Å². The molecule has 2 unspecified atom stereocenters. The molecule has 1 aromatic carbocycles. The summed E-state index contributed by atoms with van der Waals surface area (Å²) in [5.41, 5.74) is 1.49. The molecule has 0 amide bonds. The largest absolute Gasteiger partial charge is 0.314 e. The summed E-state index contributed by atoms with van der Waals surface area (Å²) in [5.74, 6) is 0.893. The van der Waals surface area contributed by atoms with E-state index in [2.05, 4.69) is 42.6 Å². The van der Waals surface area contributed by atoms with Crippen LogP contribution in [0, 0.1) is 5.92 Å². The quantitative estimate of drug-likeness (QED) is 0.813. The van der Waals surface area contributed by atoms with Gasteiger partial charge in [0.2, 0.25) is 0 Å². The lowest BCUT2D eigenvalue weighted by Gasteiger charge is -2.32. The van der Waals surface area contributed by atoms with E-state index in [9.17, 15) is 0 Å². The molecule has 1 aliphatic rings. The molecule has 0 spiro atoms. The predicted molar refractivity (Wildman–Crippen MR) is 74.2 cm³/mol. The van der Waals surface area contributed by atoms with Crippen LogP contribution in [0.5, 0.6) is 0 Å². The fraction of sp³-hybridized carbons (Fsp3) is 0.625. The van der Waals surface area contributed by atoms with Crippen LogP contribution < -0.4 is 5.32 Å². The van der Waals surface area contributed by atoms with Crippen LogP contribution in [0.1, 0.15) is 44.6 Å². The summed E-state index contributed by atoms with van der Waals surface area (Å²) >= 11 is 0. The summed E-state index contributed by atoms with van der Waals surface area (Å²) in [6.45, 7) is 3.34. The average molecular weight is 231 g/mol. The number of hydrogen-bond donors (Lipinski definition) is 1. The van der Waals surface area contributed by atoms with Crippen LogP contribution in [-0.4, -0.2) is 12.6 Å². The Bertz CT molecular complexity index is 305. The Hall–Kier alpha value is -0.820. The molecule has 2 atom stereocenters. The molecule has 0 aromatic heterocycles. The number of benzene rings is 1. The highest BCUT2D eigenvalue weighted by atomic mass is 14.9. The highest BCUT2D eigenvalue weighted by molar-refractivity contribution is 5.14. The molecule has 1 aliphatic carbocycles. The molecule has 0 bridgehead atoms. The van der Waals surface area contributed by atoms with E-state index in [0.717, 1.165) is 18.5 Å². The van der Waals surface area contributed by atoms with Crippen molar-refractivity contribution < 1.29 is 0 Å². The standard InChI is InChI=1S/C16H25N/c1-2-17-16-11-7-6-10-15(16)13-12-14-8-4-3-5-9-14/h3-5,8-9,15-17H,2,6-7,10-13H2,1H3. The second kappa shape index (κ2) is 6.80. The van der Waals surface area contributed by atoms with Crippen LogP contribution in [-0.2, 0) is 6.42 Å². The topological polar surface area (TPSA) is 12.0 Å². The molecular weight excluding hydrogens is 206 g/mol. The molecule has 0 saturated heterocycles. The van der Waals surface area contributed by atoms with Gasteiger partial charge in [-0.25, -0.2) is 0 Å². The van der Waals surface area contributed by atoms with E-state index in [-0.39, 0.29) is 0 Å². The van der Waals surface area contributed by atoms with Crippen LogP contribution in [0.2, 0.25) is 0 Å². The molecule has 0 aliphatic heterocycles. The third kappa shape index (κ3) is 3.85. The Balaban J connectivity index is 1.84. The maximum Gasteiger partial charge on any atom is 0.00953 e. The van der Waals surface area contributed by atoms with Crippen LogP contribution in [0.3, 0.4) is 0 Å². The Kier molecular flexibility index (Phi) is 5.06. The van der Waals surface area contributed by atoms with Crippen LogP contribution in [0.4, 0.5) is 0 Å². The van der Waals surface area contributed by atoms with Crippen molar-refractivity contribution in [2.45, 2.75) is 51.5 Å². The molecule has 0 heterocycles. The monoisotopic (exact) mass is 231 g/mol. The molecule has 17 heavy (non-hydrogen) atoms. The number of hydrogen-bond acceptors (Lipinski definition) is 1. The molecule has 1 N–H and O–H groups in total. The number of aryl methyl sites for hydroxylation is 1. The first kappa shape index (κ1) is 12.6. The fourth-order valence-corrected chi connectivity index (χ4v) is 3.08. The van der Waals surface area contributed by atoms with E-state index in [0.29, 0.717) is 0 Å². The molecule has 1 fully saturated rings. The average Bonchev–Trinajstić information content (AvgIpc) is 2.39.